The molecular formula is C14H13ClFN3O. The third-order valence-corrected chi connectivity index (χ3v) is 3.66. The van der Waals surface area contributed by atoms with Gasteiger partial charge in [-0.3, -0.25) is 0 Å². The Morgan fingerprint density at radius 2 is 2.15 bits per heavy atom. The predicted molar refractivity (Wildman–Crippen MR) is 74.3 cm³/mol. The van der Waals surface area contributed by atoms with Crippen molar-refractivity contribution >= 4 is 22.6 Å². The van der Waals surface area contributed by atoms with Gasteiger partial charge in [0.25, 0.3) is 0 Å². The molecule has 1 aromatic carbocycles. The van der Waals surface area contributed by atoms with E-state index in [1.54, 1.807) is 6.07 Å². The lowest BCUT2D eigenvalue weighted by molar-refractivity contribution is 0.392. The van der Waals surface area contributed by atoms with E-state index in [0.29, 0.717) is 17.9 Å². The molecule has 0 fully saturated rings. The Morgan fingerprint density at radius 1 is 1.35 bits per heavy atom. The van der Waals surface area contributed by atoms with E-state index in [1.807, 2.05) is 24.5 Å². The molecule has 104 valence electrons. The first-order valence-electron chi connectivity index (χ1n) is 6.23. The van der Waals surface area contributed by atoms with Gasteiger partial charge in [-0.1, -0.05) is 11.2 Å². The van der Waals surface area contributed by atoms with Crippen molar-refractivity contribution < 1.29 is 8.91 Å². The van der Waals surface area contributed by atoms with Crippen LogP contribution in [0.2, 0.25) is 0 Å². The number of benzene rings is 1. The maximum atomic E-state index is 13.8. The molecule has 0 saturated heterocycles. The summed E-state index contributed by atoms with van der Waals surface area (Å²) in [5.74, 6) is 1.26. The maximum absolute atomic E-state index is 13.8. The summed E-state index contributed by atoms with van der Waals surface area (Å²) in [4.78, 5) is 4.28. The average molecular weight is 294 g/mol. The zero-order chi connectivity index (χ0) is 14.3. The highest BCUT2D eigenvalue weighted by Gasteiger charge is 2.16. The number of fused-ring (bicyclic) bond motifs is 1. The molecular weight excluding hydrogens is 281 g/mol. The first kappa shape index (κ1) is 13.1. The van der Waals surface area contributed by atoms with Crippen LogP contribution in [-0.2, 0) is 12.4 Å². The van der Waals surface area contributed by atoms with Crippen LogP contribution in [0.1, 0.15) is 22.8 Å². The molecule has 3 rings (SSSR count). The van der Waals surface area contributed by atoms with Crippen molar-refractivity contribution in [3.05, 3.63) is 46.9 Å². The SMILES string of the molecule is Cc1noc(C)c1Cn1c(CCl)nc2c(F)cccc21. The molecule has 0 unspecified atom stereocenters. The van der Waals surface area contributed by atoms with E-state index in [-0.39, 0.29) is 11.7 Å². The predicted octanol–water partition coefficient (Wildman–Crippen LogP) is 3.57. The average Bonchev–Trinajstić information content (AvgIpc) is 2.95. The largest absolute Gasteiger partial charge is 0.361 e. The second kappa shape index (κ2) is 4.90. The third kappa shape index (κ3) is 1.98. The van der Waals surface area contributed by atoms with Gasteiger partial charge < -0.3 is 9.09 Å². The highest BCUT2D eigenvalue weighted by Crippen LogP contribution is 2.23. The molecule has 0 amide bonds. The van der Waals surface area contributed by atoms with Gasteiger partial charge in [-0.2, -0.15) is 0 Å². The molecule has 0 aliphatic carbocycles. The second-order valence-electron chi connectivity index (χ2n) is 4.66. The quantitative estimate of drug-likeness (QED) is 0.693. The first-order valence-corrected chi connectivity index (χ1v) is 6.76. The van der Waals surface area contributed by atoms with Crippen LogP contribution in [0.3, 0.4) is 0 Å². The Kier molecular flexibility index (Phi) is 3.22. The summed E-state index contributed by atoms with van der Waals surface area (Å²) in [6.07, 6.45) is 0. The summed E-state index contributed by atoms with van der Waals surface area (Å²) < 4.78 is 20.9. The van der Waals surface area contributed by atoms with Crippen LogP contribution in [0.5, 0.6) is 0 Å². The van der Waals surface area contributed by atoms with E-state index in [4.69, 9.17) is 16.1 Å². The number of hydrogen-bond acceptors (Lipinski definition) is 3. The van der Waals surface area contributed by atoms with Gasteiger partial charge in [0.1, 0.15) is 17.1 Å². The summed E-state index contributed by atoms with van der Waals surface area (Å²) in [6, 6.07) is 4.90. The number of alkyl halides is 1. The van der Waals surface area contributed by atoms with Crippen molar-refractivity contribution in [2.24, 2.45) is 0 Å². The van der Waals surface area contributed by atoms with Crippen molar-refractivity contribution in [3.8, 4) is 0 Å². The van der Waals surface area contributed by atoms with Crippen molar-refractivity contribution in [2.75, 3.05) is 0 Å². The highest BCUT2D eigenvalue weighted by atomic mass is 35.5. The minimum absolute atomic E-state index is 0.220. The van der Waals surface area contributed by atoms with Crippen LogP contribution in [0.15, 0.2) is 22.7 Å². The summed E-state index contributed by atoms with van der Waals surface area (Å²) in [7, 11) is 0. The van der Waals surface area contributed by atoms with Crippen molar-refractivity contribution in [1.82, 2.24) is 14.7 Å². The molecule has 0 aliphatic rings. The third-order valence-electron chi connectivity index (χ3n) is 3.43. The van der Waals surface area contributed by atoms with E-state index >= 15 is 0 Å². The fourth-order valence-corrected chi connectivity index (χ4v) is 2.53. The van der Waals surface area contributed by atoms with E-state index in [0.717, 1.165) is 22.5 Å². The minimum atomic E-state index is -0.341. The minimum Gasteiger partial charge on any atom is -0.361 e. The summed E-state index contributed by atoms with van der Waals surface area (Å²) >= 11 is 5.93. The highest BCUT2D eigenvalue weighted by molar-refractivity contribution is 6.16. The Labute approximate surface area is 120 Å². The number of imidazole rings is 1. The number of aromatic nitrogens is 3. The smallest absolute Gasteiger partial charge is 0.151 e. The Balaban J connectivity index is 2.18. The zero-order valence-corrected chi connectivity index (χ0v) is 11.9. The van der Waals surface area contributed by atoms with Crippen molar-refractivity contribution in [2.45, 2.75) is 26.3 Å². The van der Waals surface area contributed by atoms with Gasteiger partial charge >= 0.3 is 0 Å². The van der Waals surface area contributed by atoms with Gasteiger partial charge in [-0.05, 0) is 26.0 Å². The molecule has 0 atom stereocenters. The van der Waals surface area contributed by atoms with Gasteiger partial charge in [0.05, 0.1) is 23.6 Å². The number of rotatable bonds is 3. The number of nitrogens with zero attached hydrogens (tertiary/aromatic N) is 3. The molecule has 3 aromatic rings. The van der Waals surface area contributed by atoms with Crippen LogP contribution in [0.25, 0.3) is 11.0 Å². The molecule has 0 aliphatic heterocycles. The zero-order valence-electron chi connectivity index (χ0n) is 11.2. The summed E-state index contributed by atoms with van der Waals surface area (Å²) in [5, 5.41) is 3.93. The number of para-hydroxylation sites is 1. The van der Waals surface area contributed by atoms with Crippen LogP contribution in [0.4, 0.5) is 4.39 Å². The number of halogens is 2. The Morgan fingerprint density at radius 3 is 2.80 bits per heavy atom. The first-order chi connectivity index (χ1) is 9.61. The molecule has 0 bridgehead atoms. The molecule has 20 heavy (non-hydrogen) atoms. The molecule has 6 heteroatoms. The fourth-order valence-electron chi connectivity index (χ4n) is 2.33. The van der Waals surface area contributed by atoms with E-state index in [2.05, 4.69) is 10.1 Å². The summed E-state index contributed by atoms with van der Waals surface area (Å²) in [5.41, 5.74) is 2.86. The monoisotopic (exact) mass is 293 g/mol. The molecule has 0 saturated carbocycles. The van der Waals surface area contributed by atoms with E-state index in [1.165, 1.54) is 6.07 Å². The second-order valence-corrected chi connectivity index (χ2v) is 4.93. The topological polar surface area (TPSA) is 43.9 Å². The van der Waals surface area contributed by atoms with Crippen molar-refractivity contribution in [3.63, 3.8) is 0 Å². The van der Waals surface area contributed by atoms with Crippen LogP contribution >= 0.6 is 11.6 Å². The van der Waals surface area contributed by atoms with E-state index < -0.39 is 0 Å². The molecule has 2 aromatic heterocycles. The van der Waals surface area contributed by atoms with Gasteiger partial charge in [0.2, 0.25) is 0 Å². The Bertz CT molecular complexity index is 759. The lowest BCUT2D eigenvalue weighted by atomic mass is 10.2. The molecule has 2 heterocycles. The van der Waals surface area contributed by atoms with Gasteiger partial charge in [0.15, 0.2) is 5.82 Å². The normalized spacial score (nSPS) is 11.4. The summed E-state index contributed by atoms with van der Waals surface area (Å²) in [6.45, 7) is 4.25. The number of hydrogen-bond donors (Lipinski definition) is 0. The lowest BCUT2D eigenvalue weighted by Crippen LogP contribution is -2.05. The van der Waals surface area contributed by atoms with Gasteiger partial charge in [0, 0.05) is 5.56 Å². The Hall–Kier alpha value is -1.88. The molecule has 0 spiro atoms. The fraction of sp³-hybridized carbons (Fsp3) is 0.286. The van der Waals surface area contributed by atoms with Crippen LogP contribution in [0, 0.1) is 19.7 Å². The van der Waals surface area contributed by atoms with Crippen LogP contribution in [-0.4, -0.2) is 14.7 Å². The van der Waals surface area contributed by atoms with Gasteiger partial charge in [-0.15, -0.1) is 11.6 Å². The van der Waals surface area contributed by atoms with Crippen LogP contribution < -0.4 is 0 Å². The van der Waals surface area contributed by atoms with Crippen molar-refractivity contribution in [1.29, 1.82) is 0 Å². The molecule has 0 radical (unpaired) electrons. The van der Waals surface area contributed by atoms with Gasteiger partial charge in [-0.25, -0.2) is 9.37 Å². The van der Waals surface area contributed by atoms with E-state index in [9.17, 15) is 4.39 Å². The maximum Gasteiger partial charge on any atom is 0.151 e. The molecule has 4 nitrogen and oxygen atoms in total. The number of aryl methyl sites for hydroxylation is 2. The lowest BCUT2D eigenvalue weighted by Gasteiger charge is -2.07. The molecule has 0 N–H and O–H groups in total. The standard InChI is InChI=1S/C14H13ClFN3O/c1-8-10(9(2)20-18-8)7-19-12-5-3-4-11(16)14(12)17-13(19)6-15/h3-5H,6-7H2,1-2H3.